The fourth-order valence-electron chi connectivity index (χ4n) is 1.98. The van der Waals surface area contributed by atoms with Gasteiger partial charge in [0.1, 0.15) is 6.54 Å². The Kier molecular flexibility index (Phi) is 3.45. The molecule has 7 nitrogen and oxygen atoms in total. The standard InChI is InChI=1S/C13H17N3O4S/c1-13(2)12(18)16(21(13,19)20)8-11(17)15(3)10-6-4-9(14)5-7-10/h4-7H,8,14H2,1-3H3. The van der Waals surface area contributed by atoms with E-state index in [0.29, 0.717) is 15.7 Å². The van der Waals surface area contributed by atoms with Gasteiger partial charge >= 0.3 is 0 Å². The molecule has 0 atom stereocenters. The molecule has 2 rings (SSSR count). The Labute approximate surface area is 123 Å². The number of nitrogen functional groups attached to an aromatic ring is 1. The molecule has 1 heterocycles. The molecule has 114 valence electrons. The van der Waals surface area contributed by atoms with Gasteiger partial charge in [-0.25, -0.2) is 12.7 Å². The van der Waals surface area contributed by atoms with Gasteiger partial charge in [-0.15, -0.1) is 0 Å². The predicted molar refractivity (Wildman–Crippen MR) is 79.0 cm³/mol. The minimum Gasteiger partial charge on any atom is -0.399 e. The summed E-state index contributed by atoms with van der Waals surface area (Å²) in [6.07, 6.45) is 0. The number of carbonyl (C=O) groups is 2. The summed E-state index contributed by atoms with van der Waals surface area (Å²) in [5, 5.41) is 0. The maximum Gasteiger partial charge on any atom is 0.259 e. The quantitative estimate of drug-likeness (QED) is 0.803. The molecule has 2 amide bonds. The number of benzene rings is 1. The fraction of sp³-hybridized carbons (Fsp3) is 0.385. The van der Waals surface area contributed by atoms with Gasteiger partial charge in [-0.05, 0) is 38.1 Å². The molecule has 0 radical (unpaired) electrons. The predicted octanol–water partition coefficient (Wildman–Crippen LogP) is 0.182. The van der Waals surface area contributed by atoms with E-state index in [1.165, 1.54) is 25.8 Å². The lowest BCUT2D eigenvalue weighted by atomic mass is 10.2. The first kappa shape index (κ1) is 15.3. The third kappa shape index (κ3) is 2.25. The Morgan fingerprint density at radius 2 is 1.81 bits per heavy atom. The average molecular weight is 311 g/mol. The lowest BCUT2D eigenvalue weighted by Gasteiger charge is -2.42. The molecular formula is C13H17N3O4S. The molecule has 1 aromatic carbocycles. The summed E-state index contributed by atoms with van der Waals surface area (Å²) < 4.78 is 23.0. The molecule has 1 aromatic rings. The molecular weight excluding hydrogens is 294 g/mol. The van der Waals surface area contributed by atoms with Gasteiger partial charge in [0.25, 0.3) is 15.9 Å². The first-order chi connectivity index (χ1) is 9.59. The van der Waals surface area contributed by atoms with Gasteiger partial charge in [-0.2, -0.15) is 0 Å². The van der Waals surface area contributed by atoms with Crippen molar-refractivity contribution < 1.29 is 18.0 Å². The van der Waals surface area contributed by atoms with Crippen LogP contribution in [0.15, 0.2) is 24.3 Å². The number of nitrogens with zero attached hydrogens (tertiary/aromatic N) is 2. The molecule has 0 unspecified atom stereocenters. The van der Waals surface area contributed by atoms with Crippen LogP contribution in [-0.2, 0) is 19.6 Å². The monoisotopic (exact) mass is 311 g/mol. The summed E-state index contributed by atoms with van der Waals surface area (Å²) >= 11 is 0. The van der Waals surface area contributed by atoms with Crippen LogP contribution in [0, 0.1) is 0 Å². The number of hydrogen-bond donors (Lipinski definition) is 1. The van der Waals surface area contributed by atoms with Crippen molar-refractivity contribution in [2.75, 3.05) is 24.2 Å². The second kappa shape index (κ2) is 4.73. The van der Waals surface area contributed by atoms with Gasteiger partial charge in [-0.1, -0.05) is 0 Å². The second-order valence-electron chi connectivity index (χ2n) is 5.37. The van der Waals surface area contributed by atoms with Crippen molar-refractivity contribution in [3.05, 3.63) is 24.3 Å². The van der Waals surface area contributed by atoms with Gasteiger partial charge in [0.2, 0.25) is 5.91 Å². The Hall–Kier alpha value is -2.09. The number of hydrogen-bond acceptors (Lipinski definition) is 5. The number of carbonyl (C=O) groups excluding carboxylic acids is 2. The van der Waals surface area contributed by atoms with Crippen LogP contribution in [0.2, 0.25) is 0 Å². The highest BCUT2D eigenvalue weighted by atomic mass is 32.2. The number of rotatable bonds is 3. The smallest absolute Gasteiger partial charge is 0.259 e. The van der Waals surface area contributed by atoms with E-state index >= 15 is 0 Å². The van der Waals surface area contributed by atoms with Gasteiger partial charge in [0.15, 0.2) is 4.75 Å². The minimum atomic E-state index is -3.75. The van der Waals surface area contributed by atoms with Crippen LogP contribution in [0.1, 0.15) is 13.8 Å². The van der Waals surface area contributed by atoms with Crippen molar-refractivity contribution in [2.45, 2.75) is 18.6 Å². The van der Waals surface area contributed by atoms with Crippen LogP contribution in [0.5, 0.6) is 0 Å². The SMILES string of the molecule is CN(C(=O)CN1C(=O)C(C)(C)S1(=O)=O)c1ccc(N)cc1. The minimum absolute atomic E-state index is 0.493. The van der Waals surface area contributed by atoms with E-state index in [-0.39, 0.29) is 0 Å². The van der Waals surface area contributed by atoms with E-state index in [4.69, 9.17) is 5.73 Å². The van der Waals surface area contributed by atoms with E-state index in [9.17, 15) is 18.0 Å². The zero-order valence-corrected chi connectivity index (χ0v) is 12.8. The molecule has 21 heavy (non-hydrogen) atoms. The number of nitrogens with two attached hydrogens (primary N) is 1. The van der Waals surface area contributed by atoms with Crippen LogP contribution >= 0.6 is 0 Å². The third-order valence-electron chi connectivity index (χ3n) is 3.61. The molecule has 0 bridgehead atoms. The van der Waals surface area contributed by atoms with Gasteiger partial charge in [-0.3, -0.25) is 9.59 Å². The van der Waals surface area contributed by atoms with Gasteiger partial charge in [0.05, 0.1) is 0 Å². The summed E-state index contributed by atoms with van der Waals surface area (Å²) in [4.78, 5) is 25.2. The molecule has 0 spiro atoms. The number of amides is 2. The van der Waals surface area contributed by atoms with Crippen molar-refractivity contribution in [2.24, 2.45) is 0 Å². The summed E-state index contributed by atoms with van der Waals surface area (Å²) in [7, 11) is -2.24. The second-order valence-corrected chi connectivity index (χ2v) is 7.78. The number of likely N-dealkylation sites (N-methyl/N-ethyl adjacent to an activating group) is 1. The summed E-state index contributed by atoms with van der Waals surface area (Å²) in [6.45, 7) is 2.16. The molecule has 1 fully saturated rings. The normalized spacial score (nSPS) is 19.0. The third-order valence-corrected chi connectivity index (χ3v) is 5.95. The molecule has 8 heteroatoms. The van der Waals surface area contributed by atoms with Crippen molar-refractivity contribution in [1.82, 2.24) is 4.31 Å². The average Bonchev–Trinajstić information content (AvgIpc) is 2.43. The van der Waals surface area contributed by atoms with Crippen molar-refractivity contribution in [3.63, 3.8) is 0 Å². The van der Waals surface area contributed by atoms with Crippen LogP contribution in [0.25, 0.3) is 0 Å². The Morgan fingerprint density at radius 1 is 1.29 bits per heavy atom. The van der Waals surface area contributed by atoms with E-state index < -0.39 is 33.1 Å². The Balaban J connectivity index is 2.13. The van der Waals surface area contributed by atoms with Crippen LogP contribution < -0.4 is 10.6 Å². The highest BCUT2D eigenvalue weighted by molar-refractivity contribution is 7.94. The molecule has 1 saturated heterocycles. The lowest BCUT2D eigenvalue weighted by Crippen LogP contribution is -2.68. The summed E-state index contributed by atoms with van der Waals surface area (Å²) in [5.41, 5.74) is 6.69. The highest BCUT2D eigenvalue weighted by Crippen LogP contribution is 2.34. The van der Waals surface area contributed by atoms with Crippen molar-refractivity contribution in [3.8, 4) is 0 Å². The first-order valence-electron chi connectivity index (χ1n) is 6.28. The van der Waals surface area contributed by atoms with E-state index in [1.54, 1.807) is 24.3 Å². The zero-order valence-electron chi connectivity index (χ0n) is 12.0. The van der Waals surface area contributed by atoms with Crippen molar-refractivity contribution >= 4 is 33.2 Å². The lowest BCUT2D eigenvalue weighted by molar-refractivity contribution is -0.135. The van der Waals surface area contributed by atoms with Crippen molar-refractivity contribution in [1.29, 1.82) is 0 Å². The Bertz CT molecular complexity index is 695. The molecule has 0 saturated carbocycles. The van der Waals surface area contributed by atoms with E-state index in [1.807, 2.05) is 0 Å². The van der Waals surface area contributed by atoms with Gasteiger partial charge < -0.3 is 10.6 Å². The van der Waals surface area contributed by atoms with Crippen LogP contribution in [0.3, 0.4) is 0 Å². The number of anilines is 2. The molecule has 2 N–H and O–H groups in total. The summed E-state index contributed by atoms with van der Waals surface area (Å²) in [5.74, 6) is -1.06. The summed E-state index contributed by atoms with van der Waals surface area (Å²) in [6, 6.07) is 6.55. The van der Waals surface area contributed by atoms with E-state index in [0.717, 1.165) is 0 Å². The zero-order chi connectivity index (χ0) is 16.0. The molecule has 0 aliphatic carbocycles. The van der Waals surface area contributed by atoms with E-state index in [2.05, 4.69) is 0 Å². The highest BCUT2D eigenvalue weighted by Gasteiger charge is 2.60. The number of sulfonamides is 1. The maximum absolute atomic E-state index is 12.1. The topological polar surface area (TPSA) is 101 Å². The van der Waals surface area contributed by atoms with Gasteiger partial charge in [0, 0.05) is 18.4 Å². The van der Waals surface area contributed by atoms with Crippen LogP contribution in [0.4, 0.5) is 11.4 Å². The maximum atomic E-state index is 12.1. The van der Waals surface area contributed by atoms with Crippen LogP contribution in [-0.4, -0.2) is 42.9 Å². The molecule has 1 aliphatic rings. The molecule has 0 aromatic heterocycles. The largest absolute Gasteiger partial charge is 0.399 e. The Morgan fingerprint density at radius 3 is 2.29 bits per heavy atom. The molecule has 1 aliphatic heterocycles. The first-order valence-corrected chi connectivity index (χ1v) is 7.72. The fourth-order valence-corrected chi connectivity index (χ4v) is 3.46.